The van der Waals surface area contributed by atoms with Gasteiger partial charge in [-0.25, -0.2) is 0 Å². The quantitative estimate of drug-likeness (QED) is 0.681. The fraction of sp³-hybridized carbons (Fsp3) is 0.889. The highest BCUT2D eigenvalue weighted by atomic mass is 32.2. The highest BCUT2D eigenvalue weighted by Gasteiger charge is 2.21. The van der Waals surface area contributed by atoms with Gasteiger partial charge in [-0.1, -0.05) is 6.42 Å². The zero-order valence-corrected chi connectivity index (χ0v) is 8.11. The maximum absolute atomic E-state index is 11.3. The van der Waals surface area contributed by atoms with Crippen LogP contribution in [0, 0.1) is 0 Å². The van der Waals surface area contributed by atoms with E-state index in [9.17, 15) is 4.79 Å². The van der Waals surface area contributed by atoms with Crippen molar-refractivity contribution < 1.29 is 9.90 Å². The van der Waals surface area contributed by atoms with E-state index in [2.05, 4.69) is 0 Å². The number of Topliss-reactive ketones (excluding diaryl/α,β-unsaturated/α-hetero) is 1. The Morgan fingerprint density at radius 2 is 2.33 bits per heavy atom. The van der Waals surface area contributed by atoms with Crippen molar-refractivity contribution in [2.75, 3.05) is 12.4 Å². The van der Waals surface area contributed by atoms with Crippen LogP contribution < -0.4 is 0 Å². The van der Waals surface area contributed by atoms with E-state index >= 15 is 0 Å². The summed E-state index contributed by atoms with van der Waals surface area (Å²) in [5, 5.41) is 8.80. The molecule has 1 atom stereocenters. The molecule has 0 aromatic rings. The van der Waals surface area contributed by atoms with E-state index in [1.165, 1.54) is 6.42 Å². The first-order chi connectivity index (χ1) is 5.84. The smallest absolute Gasteiger partial charge is 0.145 e. The molecule has 0 bridgehead atoms. The van der Waals surface area contributed by atoms with Crippen LogP contribution in [0.25, 0.3) is 0 Å². The van der Waals surface area contributed by atoms with Gasteiger partial charge < -0.3 is 5.11 Å². The second kappa shape index (κ2) is 5.60. The average molecular weight is 188 g/mol. The predicted molar refractivity (Wildman–Crippen MR) is 51.4 cm³/mol. The van der Waals surface area contributed by atoms with Crippen LogP contribution in [0.1, 0.15) is 32.1 Å². The first-order valence-corrected chi connectivity index (χ1v) is 5.64. The summed E-state index contributed by atoms with van der Waals surface area (Å²) in [6, 6.07) is 0. The molecule has 2 nitrogen and oxygen atoms in total. The van der Waals surface area contributed by atoms with Gasteiger partial charge in [-0.3, -0.25) is 4.79 Å². The van der Waals surface area contributed by atoms with E-state index in [0.717, 1.165) is 31.4 Å². The SMILES string of the molecule is O=C1CCCCC1SCCCO. The molecule has 70 valence electrons. The minimum atomic E-state index is 0.241. The number of aliphatic hydroxyl groups excluding tert-OH is 1. The summed E-state index contributed by atoms with van der Waals surface area (Å²) in [5.41, 5.74) is 0. The van der Waals surface area contributed by atoms with Crippen LogP contribution in [0.4, 0.5) is 0 Å². The molecule has 0 aromatic carbocycles. The third-order valence-electron chi connectivity index (χ3n) is 2.12. The number of hydrogen-bond donors (Lipinski definition) is 1. The fourth-order valence-corrected chi connectivity index (χ4v) is 2.63. The number of carbonyl (C=O) groups is 1. The lowest BCUT2D eigenvalue weighted by Gasteiger charge is -2.19. The Labute approximate surface area is 77.7 Å². The molecule has 0 saturated heterocycles. The summed E-state index contributed by atoms with van der Waals surface area (Å²) in [5.74, 6) is 1.34. The lowest BCUT2D eigenvalue weighted by molar-refractivity contribution is -0.119. The second-order valence-electron chi connectivity index (χ2n) is 3.15. The van der Waals surface area contributed by atoms with Crippen molar-refractivity contribution in [3.05, 3.63) is 0 Å². The summed E-state index contributed by atoms with van der Waals surface area (Å²) in [7, 11) is 0. The third-order valence-corrected chi connectivity index (χ3v) is 3.55. The molecule has 1 rings (SSSR count). The Morgan fingerprint density at radius 3 is 3.00 bits per heavy atom. The minimum absolute atomic E-state index is 0.241. The number of thioether (sulfide) groups is 1. The monoisotopic (exact) mass is 188 g/mol. The van der Waals surface area contributed by atoms with Gasteiger partial charge in [-0.05, 0) is 25.0 Å². The van der Waals surface area contributed by atoms with Gasteiger partial charge in [-0.15, -0.1) is 0 Å². The highest BCUT2D eigenvalue weighted by Crippen LogP contribution is 2.25. The maximum atomic E-state index is 11.3. The lowest BCUT2D eigenvalue weighted by Crippen LogP contribution is -2.21. The van der Waals surface area contributed by atoms with Crippen LogP contribution in [0.5, 0.6) is 0 Å². The normalized spacial score (nSPS) is 24.4. The van der Waals surface area contributed by atoms with Gasteiger partial charge in [0, 0.05) is 13.0 Å². The fourth-order valence-electron chi connectivity index (χ4n) is 1.42. The van der Waals surface area contributed by atoms with Crippen LogP contribution in [0.2, 0.25) is 0 Å². The topological polar surface area (TPSA) is 37.3 Å². The van der Waals surface area contributed by atoms with Gasteiger partial charge in [0.15, 0.2) is 0 Å². The molecule has 0 heterocycles. The summed E-state index contributed by atoms with van der Waals surface area (Å²) >= 11 is 1.72. The lowest BCUT2D eigenvalue weighted by atomic mass is 9.99. The van der Waals surface area contributed by atoms with Gasteiger partial charge in [-0.2, -0.15) is 11.8 Å². The Hall–Kier alpha value is -0.0200. The molecule has 0 aromatic heterocycles. The standard InChI is InChI=1S/C9H16O2S/c10-6-3-7-12-9-5-2-1-4-8(9)11/h9-10H,1-7H2. The maximum Gasteiger partial charge on any atom is 0.145 e. The Kier molecular flexibility index (Phi) is 4.69. The molecular formula is C9H16O2S. The van der Waals surface area contributed by atoms with Crippen molar-refractivity contribution >= 4 is 17.5 Å². The number of ketones is 1. The molecule has 1 saturated carbocycles. The first-order valence-electron chi connectivity index (χ1n) is 4.60. The molecule has 0 amide bonds. The Bertz CT molecular complexity index is 147. The van der Waals surface area contributed by atoms with Crippen molar-refractivity contribution in [3.63, 3.8) is 0 Å². The number of carbonyl (C=O) groups excluding carboxylic acids is 1. The second-order valence-corrected chi connectivity index (χ2v) is 4.46. The van der Waals surface area contributed by atoms with Crippen LogP contribution in [0.15, 0.2) is 0 Å². The molecule has 1 aliphatic carbocycles. The van der Waals surface area contributed by atoms with E-state index in [0.29, 0.717) is 5.78 Å². The van der Waals surface area contributed by atoms with Crippen LogP contribution >= 0.6 is 11.8 Å². The van der Waals surface area contributed by atoms with Crippen LogP contribution in [-0.4, -0.2) is 28.5 Å². The van der Waals surface area contributed by atoms with E-state index < -0.39 is 0 Å². The molecule has 1 fully saturated rings. The van der Waals surface area contributed by atoms with Crippen molar-refractivity contribution in [1.29, 1.82) is 0 Å². The van der Waals surface area contributed by atoms with Crippen LogP contribution in [0.3, 0.4) is 0 Å². The summed E-state index contributed by atoms with van der Waals surface area (Å²) in [6.45, 7) is 0.244. The van der Waals surface area contributed by atoms with E-state index in [4.69, 9.17) is 5.11 Å². The third kappa shape index (κ3) is 3.15. The molecule has 1 unspecified atom stereocenters. The van der Waals surface area contributed by atoms with Crippen molar-refractivity contribution in [3.8, 4) is 0 Å². The molecule has 0 radical (unpaired) electrons. The first kappa shape index (κ1) is 10.1. The van der Waals surface area contributed by atoms with E-state index in [1.54, 1.807) is 11.8 Å². The number of rotatable bonds is 4. The van der Waals surface area contributed by atoms with Gasteiger partial charge >= 0.3 is 0 Å². The molecule has 12 heavy (non-hydrogen) atoms. The van der Waals surface area contributed by atoms with Gasteiger partial charge in [0.1, 0.15) is 5.78 Å². The zero-order chi connectivity index (χ0) is 8.81. The molecule has 1 N–H and O–H groups in total. The summed E-state index contributed by atoms with van der Waals surface area (Å²) < 4.78 is 0. The minimum Gasteiger partial charge on any atom is -0.396 e. The van der Waals surface area contributed by atoms with E-state index in [1.807, 2.05) is 0 Å². The van der Waals surface area contributed by atoms with Crippen molar-refractivity contribution in [2.45, 2.75) is 37.4 Å². The Morgan fingerprint density at radius 1 is 1.50 bits per heavy atom. The Balaban J connectivity index is 2.16. The van der Waals surface area contributed by atoms with Crippen molar-refractivity contribution in [2.24, 2.45) is 0 Å². The van der Waals surface area contributed by atoms with Crippen molar-refractivity contribution in [1.82, 2.24) is 0 Å². The van der Waals surface area contributed by atoms with Gasteiger partial charge in [0.2, 0.25) is 0 Å². The molecule has 1 aliphatic rings. The van der Waals surface area contributed by atoms with Gasteiger partial charge in [0.25, 0.3) is 0 Å². The zero-order valence-electron chi connectivity index (χ0n) is 7.29. The number of hydrogen-bond acceptors (Lipinski definition) is 3. The summed E-state index contributed by atoms with van der Waals surface area (Å²) in [4.78, 5) is 11.3. The van der Waals surface area contributed by atoms with Crippen LogP contribution in [-0.2, 0) is 4.79 Å². The molecule has 0 spiro atoms. The van der Waals surface area contributed by atoms with Gasteiger partial charge in [0.05, 0.1) is 5.25 Å². The largest absolute Gasteiger partial charge is 0.396 e. The molecule has 3 heteroatoms. The highest BCUT2D eigenvalue weighted by molar-refractivity contribution is 8.00. The molecule has 0 aliphatic heterocycles. The average Bonchev–Trinajstić information content (AvgIpc) is 2.09. The molecular weight excluding hydrogens is 172 g/mol. The summed E-state index contributed by atoms with van der Waals surface area (Å²) in [6.07, 6.45) is 4.92. The predicted octanol–water partition coefficient (Wildman–Crippen LogP) is 1.61. The van der Waals surface area contributed by atoms with E-state index in [-0.39, 0.29) is 11.9 Å². The number of aliphatic hydroxyl groups is 1.